The van der Waals surface area contributed by atoms with Gasteiger partial charge in [0.05, 0.1) is 5.92 Å². The van der Waals surface area contributed by atoms with E-state index >= 15 is 0 Å². The van der Waals surface area contributed by atoms with Crippen molar-refractivity contribution in [3.05, 3.63) is 23.8 Å². The number of esters is 1. The molecular weight excluding hydrogens is 224 g/mol. The van der Waals surface area contributed by atoms with Crippen LogP contribution in [0.5, 0.6) is 0 Å². The van der Waals surface area contributed by atoms with Crippen LogP contribution in [0.25, 0.3) is 0 Å². The van der Waals surface area contributed by atoms with E-state index in [0.29, 0.717) is 0 Å². The smallest absolute Gasteiger partial charge is 0.311 e. The molecule has 0 spiro atoms. The first-order valence-corrected chi connectivity index (χ1v) is 6.29. The molecule has 0 saturated heterocycles. The Morgan fingerprint density at radius 3 is 2.50 bits per heavy atom. The highest BCUT2D eigenvalue weighted by Crippen LogP contribution is 2.59. The van der Waals surface area contributed by atoms with Crippen molar-refractivity contribution in [2.24, 2.45) is 17.3 Å². The van der Waals surface area contributed by atoms with Crippen molar-refractivity contribution in [3.8, 4) is 12.3 Å². The Kier molecular flexibility index (Phi) is 4.40. The van der Waals surface area contributed by atoms with Gasteiger partial charge >= 0.3 is 5.97 Å². The summed E-state index contributed by atoms with van der Waals surface area (Å²) in [6, 6.07) is 0. The molecule has 1 aliphatic rings. The van der Waals surface area contributed by atoms with Crippen LogP contribution in [0, 0.1) is 29.6 Å². The lowest BCUT2D eigenvalue weighted by Crippen LogP contribution is -2.17. The number of carbonyl (C=O) groups is 1. The first kappa shape index (κ1) is 14.6. The second-order valence-electron chi connectivity index (χ2n) is 5.62. The zero-order chi connectivity index (χ0) is 13.9. The molecule has 0 heterocycles. The molecule has 1 aliphatic carbocycles. The van der Waals surface area contributed by atoms with Gasteiger partial charge in [-0.25, -0.2) is 0 Å². The molecule has 1 saturated carbocycles. The zero-order valence-corrected chi connectivity index (χ0v) is 11.9. The van der Waals surface area contributed by atoms with Crippen molar-refractivity contribution < 1.29 is 9.53 Å². The Hall–Kier alpha value is -1.49. The van der Waals surface area contributed by atoms with E-state index in [1.54, 1.807) is 12.2 Å². The predicted molar refractivity (Wildman–Crippen MR) is 73.7 cm³/mol. The number of ether oxygens (including phenoxy) is 1. The molecule has 3 unspecified atom stereocenters. The fraction of sp³-hybridized carbons (Fsp3) is 0.562. The number of allylic oxidation sites excluding steroid dienone is 3. The van der Waals surface area contributed by atoms with E-state index in [2.05, 4.69) is 25.8 Å². The summed E-state index contributed by atoms with van der Waals surface area (Å²) in [6.07, 6.45) is 10.4. The molecule has 1 fully saturated rings. The van der Waals surface area contributed by atoms with Gasteiger partial charge in [0.2, 0.25) is 0 Å². The molecule has 18 heavy (non-hydrogen) atoms. The summed E-state index contributed by atoms with van der Waals surface area (Å²) >= 11 is 0. The lowest BCUT2D eigenvalue weighted by atomic mass is 10.1. The molecule has 0 radical (unpaired) electrons. The third-order valence-electron chi connectivity index (χ3n) is 3.45. The van der Waals surface area contributed by atoms with Crippen LogP contribution in [0.1, 0.15) is 34.6 Å². The first-order chi connectivity index (χ1) is 8.34. The van der Waals surface area contributed by atoms with E-state index in [9.17, 15) is 4.79 Å². The van der Waals surface area contributed by atoms with Crippen molar-refractivity contribution in [1.29, 1.82) is 0 Å². The highest BCUT2D eigenvalue weighted by atomic mass is 16.5. The molecule has 3 atom stereocenters. The van der Waals surface area contributed by atoms with E-state index in [1.165, 1.54) is 5.57 Å². The van der Waals surface area contributed by atoms with Crippen molar-refractivity contribution in [1.82, 2.24) is 0 Å². The largest absolute Gasteiger partial charge is 0.445 e. The summed E-state index contributed by atoms with van der Waals surface area (Å²) in [7, 11) is 0. The first-order valence-electron chi connectivity index (χ1n) is 6.29. The lowest BCUT2D eigenvalue weighted by molar-refractivity contribution is -0.147. The minimum Gasteiger partial charge on any atom is -0.445 e. The maximum absolute atomic E-state index is 12.1. The minimum atomic E-state index is -0.550. The normalized spacial score (nSPS) is 26.2. The third-order valence-corrected chi connectivity index (χ3v) is 3.45. The van der Waals surface area contributed by atoms with Gasteiger partial charge in [-0.05, 0) is 38.2 Å². The highest BCUT2D eigenvalue weighted by molar-refractivity contribution is 5.78. The average molecular weight is 246 g/mol. The van der Waals surface area contributed by atoms with Gasteiger partial charge in [0.25, 0.3) is 0 Å². The molecule has 0 aromatic heterocycles. The second-order valence-corrected chi connectivity index (χ2v) is 5.62. The molecule has 2 nitrogen and oxygen atoms in total. The van der Waals surface area contributed by atoms with Crippen LogP contribution in [0.2, 0.25) is 0 Å². The van der Waals surface area contributed by atoms with Gasteiger partial charge in [0.15, 0.2) is 6.10 Å². The number of hydrogen-bond acceptors (Lipinski definition) is 2. The highest BCUT2D eigenvalue weighted by Gasteiger charge is 2.61. The van der Waals surface area contributed by atoms with Crippen LogP contribution in [0.4, 0.5) is 0 Å². The summed E-state index contributed by atoms with van der Waals surface area (Å²) < 4.78 is 5.32. The van der Waals surface area contributed by atoms with E-state index in [-0.39, 0.29) is 23.2 Å². The molecule has 1 rings (SSSR count). The standard InChI is InChI=1S/C16H22O2/c1-7-9-12(8-2)18-15(17)14-13(10-11(3)4)16(14,5)6/h2,7,9-10,12-14H,1,3-6H3. The molecule has 2 heteroatoms. The van der Waals surface area contributed by atoms with Crippen LogP contribution in [-0.2, 0) is 9.53 Å². The Morgan fingerprint density at radius 1 is 1.44 bits per heavy atom. The summed E-state index contributed by atoms with van der Waals surface area (Å²) in [5.74, 6) is 2.45. The summed E-state index contributed by atoms with van der Waals surface area (Å²) in [5.41, 5.74) is 1.20. The molecule has 0 aromatic carbocycles. The van der Waals surface area contributed by atoms with Gasteiger partial charge in [0.1, 0.15) is 0 Å². The Labute approximate surface area is 110 Å². The van der Waals surface area contributed by atoms with Crippen LogP contribution in [0.3, 0.4) is 0 Å². The van der Waals surface area contributed by atoms with Crippen LogP contribution in [0.15, 0.2) is 23.8 Å². The monoisotopic (exact) mass is 246 g/mol. The summed E-state index contributed by atoms with van der Waals surface area (Å²) in [5, 5.41) is 0. The number of terminal acetylenes is 1. The third kappa shape index (κ3) is 3.04. The van der Waals surface area contributed by atoms with Crippen molar-refractivity contribution in [3.63, 3.8) is 0 Å². The summed E-state index contributed by atoms with van der Waals surface area (Å²) in [4.78, 5) is 12.1. The molecule has 0 N–H and O–H groups in total. The second kappa shape index (κ2) is 5.44. The van der Waals surface area contributed by atoms with Gasteiger partial charge in [-0.15, -0.1) is 6.42 Å². The Morgan fingerprint density at radius 2 is 2.06 bits per heavy atom. The summed E-state index contributed by atoms with van der Waals surface area (Å²) in [6.45, 7) is 10.1. The van der Waals surface area contributed by atoms with E-state index in [1.807, 2.05) is 20.8 Å². The van der Waals surface area contributed by atoms with Crippen LogP contribution >= 0.6 is 0 Å². The van der Waals surface area contributed by atoms with Gasteiger partial charge < -0.3 is 4.74 Å². The van der Waals surface area contributed by atoms with Crippen LogP contribution < -0.4 is 0 Å². The fourth-order valence-corrected chi connectivity index (χ4v) is 2.30. The molecule has 0 aliphatic heterocycles. The van der Waals surface area contributed by atoms with Crippen molar-refractivity contribution in [2.75, 3.05) is 0 Å². The minimum absolute atomic E-state index is 0.0244. The van der Waals surface area contributed by atoms with E-state index in [4.69, 9.17) is 11.2 Å². The number of rotatable bonds is 4. The number of carbonyl (C=O) groups excluding carboxylic acids is 1. The lowest BCUT2D eigenvalue weighted by Gasteiger charge is -2.08. The molecule has 0 aromatic rings. The predicted octanol–water partition coefficient (Wildman–Crippen LogP) is 3.35. The quantitative estimate of drug-likeness (QED) is 0.432. The van der Waals surface area contributed by atoms with Gasteiger partial charge in [-0.1, -0.05) is 37.5 Å². The maximum atomic E-state index is 12.1. The Bertz CT molecular complexity index is 417. The average Bonchev–Trinajstić information content (AvgIpc) is 2.78. The molecular formula is C16H22O2. The maximum Gasteiger partial charge on any atom is 0.311 e. The van der Waals surface area contributed by atoms with Crippen molar-refractivity contribution >= 4 is 5.97 Å². The van der Waals surface area contributed by atoms with Gasteiger partial charge in [-0.2, -0.15) is 0 Å². The SMILES string of the molecule is C#CC(C=CC)OC(=O)C1C(C=C(C)C)C1(C)C. The zero-order valence-electron chi connectivity index (χ0n) is 11.9. The van der Waals surface area contributed by atoms with E-state index in [0.717, 1.165) is 0 Å². The molecule has 0 bridgehead atoms. The molecule has 0 amide bonds. The van der Waals surface area contributed by atoms with Crippen molar-refractivity contribution in [2.45, 2.75) is 40.7 Å². The molecule has 98 valence electrons. The fourth-order valence-electron chi connectivity index (χ4n) is 2.30. The van der Waals surface area contributed by atoms with Gasteiger partial charge in [0, 0.05) is 0 Å². The van der Waals surface area contributed by atoms with Crippen LogP contribution in [-0.4, -0.2) is 12.1 Å². The van der Waals surface area contributed by atoms with Gasteiger partial charge in [-0.3, -0.25) is 4.79 Å². The topological polar surface area (TPSA) is 26.3 Å². The number of hydrogen-bond donors (Lipinski definition) is 0. The van der Waals surface area contributed by atoms with E-state index < -0.39 is 6.10 Å². The Balaban J connectivity index is 2.70.